The lowest BCUT2D eigenvalue weighted by Gasteiger charge is -2.15. The van der Waals surface area contributed by atoms with Gasteiger partial charge >= 0.3 is 0 Å². The molecule has 0 fully saturated rings. The second-order valence-corrected chi connectivity index (χ2v) is 7.10. The standard InChI is InChI=1S/C20H23N7O2/c1-6-27-13(4)16(9-22-27)11(2)23-19(28)15-7-17(14-8-21-26(5)10-14)24-20-18(15)12(3)25-29-20/h7-11H,6H2,1-5H3,(H,23,28)/t11-/m1/s1. The second-order valence-electron chi connectivity index (χ2n) is 7.10. The van der Waals surface area contributed by atoms with Gasteiger partial charge in [0.05, 0.1) is 40.8 Å². The summed E-state index contributed by atoms with van der Waals surface area (Å²) in [5.74, 6) is -0.218. The van der Waals surface area contributed by atoms with Crippen molar-refractivity contribution in [2.45, 2.75) is 40.3 Å². The predicted molar refractivity (Wildman–Crippen MR) is 107 cm³/mol. The maximum atomic E-state index is 13.2. The fraction of sp³-hybridized carbons (Fsp3) is 0.350. The highest BCUT2D eigenvalue weighted by molar-refractivity contribution is 6.07. The van der Waals surface area contributed by atoms with E-state index in [1.807, 2.05) is 38.7 Å². The van der Waals surface area contributed by atoms with E-state index in [0.29, 0.717) is 28.1 Å². The van der Waals surface area contributed by atoms with E-state index >= 15 is 0 Å². The van der Waals surface area contributed by atoms with Gasteiger partial charge in [-0.05, 0) is 33.8 Å². The summed E-state index contributed by atoms with van der Waals surface area (Å²) in [6.45, 7) is 8.57. The Labute approximate surface area is 167 Å². The minimum Gasteiger partial charge on any atom is -0.345 e. The smallest absolute Gasteiger partial charge is 0.259 e. The van der Waals surface area contributed by atoms with Crippen molar-refractivity contribution in [2.24, 2.45) is 7.05 Å². The lowest BCUT2D eigenvalue weighted by atomic mass is 10.1. The normalized spacial score (nSPS) is 12.4. The van der Waals surface area contributed by atoms with Crippen molar-refractivity contribution in [1.29, 1.82) is 0 Å². The number of aromatic nitrogens is 6. The Morgan fingerprint density at radius 3 is 2.72 bits per heavy atom. The maximum absolute atomic E-state index is 13.2. The van der Waals surface area contributed by atoms with Crippen LogP contribution >= 0.6 is 0 Å². The number of hydrogen-bond donors (Lipinski definition) is 1. The maximum Gasteiger partial charge on any atom is 0.259 e. The van der Waals surface area contributed by atoms with Crippen LogP contribution < -0.4 is 5.32 Å². The van der Waals surface area contributed by atoms with Gasteiger partial charge in [-0.2, -0.15) is 10.2 Å². The molecule has 0 radical (unpaired) electrons. The minimum atomic E-state index is -0.218. The zero-order chi connectivity index (χ0) is 20.7. The van der Waals surface area contributed by atoms with Crippen molar-refractivity contribution in [3.8, 4) is 11.3 Å². The van der Waals surface area contributed by atoms with Gasteiger partial charge in [-0.25, -0.2) is 4.98 Å². The third-order valence-corrected chi connectivity index (χ3v) is 5.12. The highest BCUT2D eigenvalue weighted by Crippen LogP contribution is 2.27. The van der Waals surface area contributed by atoms with E-state index in [1.165, 1.54) is 0 Å². The van der Waals surface area contributed by atoms with Crippen LogP contribution in [0.5, 0.6) is 0 Å². The average molecular weight is 393 g/mol. The van der Waals surface area contributed by atoms with Crippen LogP contribution in [0, 0.1) is 13.8 Å². The molecule has 0 spiro atoms. The van der Waals surface area contributed by atoms with Gasteiger partial charge in [0.2, 0.25) is 0 Å². The van der Waals surface area contributed by atoms with Crippen LogP contribution in [0.4, 0.5) is 0 Å². The third-order valence-electron chi connectivity index (χ3n) is 5.12. The van der Waals surface area contributed by atoms with Crippen LogP contribution in [-0.2, 0) is 13.6 Å². The van der Waals surface area contributed by atoms with E-state index in [1.54, 1.807) is 30.1 Å². The van der Waals surface area contributed by atoms with Gasteiger partial charge in [-0.1, -0.05) is 5.16 Å². The Bertz CT molecular complexity index is 1200. The summed E-state index contributed by atoms with van der Waals surface area (Å²) in [6.07, 6.45) is 5.34. The van der Waals surface area contributed by atoms with Crippen LogP contribution in [0.25, 0.3) is 22.4 Å². The van der Waals surface area contributed by atoms with Crippen LogP contribution in [-0.4, -0.2) is 35.6 Å². The zero-order valence-electron chi connectivity index (χ0n) is 17.1. The van der Waals surface area contributed by atoms with Gasteiger partial charge in [0.1, 0.15) is 0 Å². The van der Waals surface area contributed by atoms with Crippen molar-refractivity contribution in [3.63, 3.8) is 0 Å². The molecule has 150 valence electrons. The summed E-state index contributed by atoms with van der Waals surface area (Å²) in [5.41, 5.74) is 4.85. The van der Waals surface area contributed by atoms with Crippen molar-refractivity contribution in [3.05, 3.63) is 47.2 Å². The van der Waals surface area contributed by atoms with E-state index in [9.17, 15) is 4.79 Å². The molecule has 0 aromatic carbocycles. The largest absolute Gasteiger partial charge is 0.345 e. The first-order valence-corrected chi connectivity index (χ1v) is 9.48. The number of aryl methyl sites for hydroxylation is 3. The van der Waals surface area contributed by atoms with E-state index in [2.05, 4.69) is 25.7 Å². The second kappa shape index (κ2) is 7.16. The number of fused-ring (bicyclic) bond motifs is 1. The molecule has 0 saturated carbocycles. The van der Waals surface area contributed by atoms with Crippen LogP contribution in [0.15, 0.2) is 29.2 Å². The molecule has 4 rings (SSSR count). The molecule has 0 aliphatic carbocycles. The van der Waals surface area contributed by atoms with Crippen molar-refractivity contribution in [2.75, 3.05) is 0 Å². The fourth-order valence-electron chi connectivity index (χ4n) is 3.53. The van der Waals surface area contributed by atoms with Crippen molar-refractivity contribution in [1.82, 2.24) is 35.0 Å². The summed E-state index contributed by atoms with van der Waals surface area (Å²) in [7, 11) is 1.83. The topological polar surface area (TPSA) is 104 Å². The Morgan fingerprint density at radius 1 is 1.28 bits per heavy atom. The number of hydrogen-bond acceptors (Lipinski definition) is 6. The average Bonchev–Trinajstić information content (AvgIpc) is 3.40. The predicted octanol–water partition coefficient (Wildman–Crippen LogP) is 2.95. The molecule has 1 atom stereocenters. The fourth-order valence-corrected chi connectivity index (χ4v) is 3.53. The summed E-state index contributed by atoms with van der Waals surface area (Å²) in [6, 6.07) is 1.56. The molecule has 4 heterocycles. The van der Waals surface area contributed by atoms with Crippen molar-refractivity contribution < 1.29 is 9.32 Å². The van der Waals surface area contributed by atoms with Crippen LogP contribution in [0.2, 0.25) is 0 Å². The number of carbonyl (C=O) groups excluding carboxylic acids is 1. The molecule has 0 unspecified atom stereocenters. The van der Waals surface area contributed by atoms with Gasteiger partial charge < -0.3 is 9.84 Å². The summed E-state index contributed by atoms with van der Waals surface area (Å²) < 4.78 is 8.95. The molecule has 29 heavy (non-hydrogen) atoms. The lowest BCUT2D eigenvalue weighted by molar-refractivity contribution is 0.0941. The Morgan fingerprint density at radius 2 is 2.07 bits per heavy atom. The summed E-state index contributed by atoms with van der Waals surface area (Å²) in [4.78, 5) is 17.7. The molecule has 0 aliphatic rings. The number of carbonyl (C=O) groups is 1. The molecule has 9 heteroatoms. The first-order chi connectivity index (χ1) is 13.9. The van der Waals surface area contributed by atoms with E-state index in [4.69, 9.17) is 4.52 Å². The van der Waals surface area contributed by atoms with Gasteiger partial charge in [0.25, 0.3) is 11.6 Å². The number of amides is 1. The Balaban J connectivity index is 1.72. The Kier molecular flexibility index (Phi) is 4.65. The summed E-state index contributed by atoms with van der Waals surface area (Å²) >= 11 is 0. The Hall–Kier alpha value is -3.49. The summed E-state index contributed by atoms with van der Waals surface area (Å²) in [5, 5.41) is 16.2. The molecular formula is C20H23N7O2. The van der Waals surface area contributed by atoms with E-state index in [-0.39, 0.29) is 11.9 Å². The van der Waals surface area contributed by atoms with Crippen LogP contribution in [0.3, 0.4) is 0 Å². The minimum absolute atomic E-state index is 0.201. The monoisotopic (exact) mass is 393 g/mol. The number of rotatable bonds is 5. The molecular weight excluding hydrogens is 370 g/mol. The molecule has 4 aromatic rings. The number of pyridine rings is 1. The van der Waals surface area contributed by atoms with Crippen molar-refractivity contribution >= 4 is 17.0 Å². The van der Waals surface area contributed by atoms with E-state index in [0.717, 1.165) is 23.4 Å². The third kappa shape index (κ3) is 3.28. The number of nitrogens with zero attached hydrogens (tertiary/aromatic N) is 6. The van der Waals surface area contributed by atoms with Gasteiger partial charge in [0, 0.05) is 36.6 Å². The van der Waals surface area contributed by atoms with Gasteiger partial charge in [-0.3, -0.25) is 14.2 Å². The molecule has 1 N–H and O–H groups in total. The van der Waals surface area contributed by atoms with Crippen LogP contribution in [0.1, 0.15) is 47.2 Å². The molecule has 0 aliphatic heterocycles. The zero-order valence-corrected chi connectivity index (χ0v) is 17.1. The van der Waals surface area contributed by atoms with Gasteiger partial charge in [0.15, 0.2) is 0 Å². The highest BCUT2D eigenvalue weighted by atomic mass is 16.5. The molecule has 4 aromatic heterocycles. The highest BCUT2D eigenvalue weighted by Gasteiger charge is 2.22. The molecule has 9 nitrogen and oxygen atoms in total. The van der Waals surface area contributed by atoms with E-state index < -0.39 is 0 Å². The lowest BCUT2D eigenvalue weighted by Crippen LogP contribution is -2.27. The van der Waals surface area contributed by atoms with Gasteiger partial charge in [-0.15, -0.1) is 0 Å². The molecule has 0 saturated heterocycles. The quantitative estimate of drug-likeness (QED) is 0.559. The molecule has 1 amide bonds. The SMILES string of the molecule is CCn1ncc([C@@H](C)NC(=O)c2cc(-c3cnn(C)c3)nc3onc(C)c23)c1C. The first-order valence-electron chi connectivity index (χ1n) is 9.48. The number of nitrogens with one attached hydrogen (secondary N) is 1. The molecule has 0 bridgehead atoms. The first kappa shape index (κ1) is 18.9.